The molecule has 116 valence electrons. The van der Waals surface area contributed by atoms with E-state index in [2.05, 4.69) is 10.2 Å². The van der Waals surface area contributed by atoms with Crippen LogP contribution in [0.5, 0.6) is 0 Å². The van der Waals surface area contributed by atoms with E-state index in [1.807, 2.05) is 11.8 Å². The molecular formula is C14H27N3O3. The Morgan fingerprint density at radius 1 is 1.20 bits per heavy atom. The van der Waals surface area contributed by atoms with Gasteiger partial charge in [-0.3, -0.25) is 9.69 Å². The molecule has 0 spiro atoms. The highest BCUT2D eigenvalue weighted by Crippen LogP contribution is 2.16. The second kappa shape index (κ2) is 8.56. The minimum Gasteiger partial charge on any atom is -0.379 e. The Balaban J connectivity index is 1.62. The first-order chi connectivity index (χ1) is 9.81. The first kappa shape index (κ1) is 15.7. The van der Waals surface area contributed by atoms with Gasteiger partial charge < -0.3 is 19.7 Å². The third-order valence-electron chi connectivity index (χ3n) is 3.99. The van der Waals surface area contributed by atoms with Crippen LogP contribution in [0.25, 0.3) is 0 Å². The molecule has 20 heavy (non-hydrogen) atoms. The van der Waals surface area contributed by atoms with Gasteiger partial charge in [-0.05, 0) is 13.3 Å². The van der Waals surface area contributed by atoms with Crippen LogP contribution in [0.3, 0.4) is 0 Å². The zero-order valence-electron chi connectivity index (χ0n) is 12.5. The number of hydrogen-bond acceptors (Lipinski definition) is 5. The Labute approximate surface area is 121 Å². The smallest absolute Gasteiger partial charge is 0.248 e. The van der Waals surface area contributed by atoms with E-state index in [9.17, 15) is 4.79 Å². The van der Waals surface area contributed by atoms with E-state index in [1.165, 1.54) is 0 Å². The molecule has 0 aliphatic carbocycles. The van der Waals surface area contributed by atoms with E-state index in [4.69, 9.17) is 9.47 Å². The van der Waals surface area contributed by atoms with Crippen LogP contribution in [0.15, 0.2) is 0 Å². The van der Waals surface area contributed by atoms with Crippen molar-refractivity contribution in [2.45, 2.75) is 19.4 Å². The maximum atomic E-state index is 12.0. The zero-order valence-corrected chi connectivity index (χ0v) is 12.5. The molecule has 0 aromatic rings. The molecule has 1 atom stereocenters. The highest BCUT2D eigenvalue weighted by Gasteiger charge is 2.30. The molecule has 0 saturated carbocycles. The van der Waals surface area contributed by atoms with Crippen LogP contribution in [0.1, 0.15) is 13.3 Å². The lowest BCUT2D eigenvalue weighted by Gasteiger charge is -2.32. The average molecular weight is 285 g/mol. The van der Waals surface area contributed by atoms with Crippen molar-refractivity contribution in [3.63, 3.8) is 0 Å². The van der Waals surface area contributed by atoms with E-state index >= 15 is 0 Å². The number of ether oxygens (including phenoxy) is 2. The monoisotopic (exact) mass is 285 g/mol. The summed E-state index contributed by atoms with van der Waals surface area (Å²) in [5, 5.41) is 3.36. The number of rotatable bonds is 7. The minimum absolute atomic E-state index is 0.110. The molecule has 2 heterocycles. The van der Waals surface area contributed by atoms with Gasteiger partial charge in [0.15, 0.2) is 0 Å². The summed E-state index contributed by atoms with van der Waals surface area (Å²) in [5.41, 5.74) is 0. The van der Waals surface area contributed by atoms with Crippen molar-refractivity contribution in [2.75, 3.05) is 65.7 Å². The van der Waals surface area contributed by atoms with E-state index in [1.54, 1.807) is 0 Å². The van der Waals surface area contributed by atoms with Crippen molar-refractivity contribution in [3.8, 4) is 0 Å². The third-order valence-corrected chi connectivity index (χ3v) is 3.99. The number of piperazine rings is 1. The lowest BCUT2D eigenvalue weighted by atomic mass is 10.2. The molecule has 0 aromatic heterocycles. The molecule has 6 heteroatoms. The van der Waals surface area contributed by atoms with Gasteiger partial charge in [0.1, 0.15) is 6.61 Å². The standard InChI is InChI=1S/C14H27N3O3/c1-2-19-9-10-20-12-14(18)17-6-3-13(11-17)16-7-4-15-5-8-16/h13,15H,2-12H2,1H3. The summed E-state index contributed by atoms with van der Waals surface area (Å²) >= 11 is 0. The molecule has 2 saturated heterocycles. The number of nitrogens with one attached hydrogen (secondary N) is 1. The summed E-state index contributed by atoms with van der Waals surface area (Å²) in [4.78, 5) is 16.5. The normalized spacial score (nSPS) is 24.2. The van der Waals surface area contributed by atoms with Crippen molar-refractivity contribution in [1.29, 1.82) is 0 Å². The Bertz CT molecular complexity index is 295. The van der Waals surface area contributed by atoms with Gasteiger partial charge in [0.2, 0.25) is 5.91 Å². The Morgan fingerprint density at radius 3 is 2.70 bits per heavy atom. The van der Waals surface area contributed by atoms with Gasteiger partial charge in [-0.1, -0.05) is 0 Å². The number of likely N-dealkylation sites (tertiary alicyclic amines) is 1. The minimum atomic E-state index is 0.110. The summed E-state index contributed by atoms with van der Waals surface area (Å²) in [6, 6.07) is 0.532. The van der Waals surface area contributed by atoms with Crippen molar-refractivity contribution in [1.82, 2.24) is 15.1 Å². The Morgan fingerprint density at radius 2 is 1.95 bits per heavy atom. The second-order valence-corrected chi connectivity index (χ2v) is 5.32. The molecule has 2 rings (SSSR count). The largest absolute Gasteiger partial charge is 0.379 e. The van der Waals surface area contributed by atoms with Crippen LogP contribution in [0, 0.1) is 0 Å². The summed E-state index contributed by atoms with van der Waals surface area (Å²) in [7, 11) is 0. The van der Waals surface area contributed by atoms with Crippen LogP contribution in [0.2, 0.25) is 0 Å². The fourth-order valence-corrected chi connectivity index (χ4v) is 2.83. The van der Waals surface area contributed by atoms with Crippen LogP contribution in [-0.4, -0.2) is 87.4 Å². The van der Waals surface area contributed by atoms with Crippen LogP contribution < -0.4 is 5.32 Å². The molecule has 2 aliphatic rings. The summed E-state index contributed by atoms with van der Waals surface area (Å²) < 4.78 is 10.5. The van der Waals surface area contributed by atoms with Gasteiger partial charge in [-0.15, -0.1) is 0 Å². The third kappa shape index (κ3) is 4.70. The molecule has 2 fully saturated rings. The van der Waals surface area contributed by atoms with Gasteiger partial charge in [0.25, 0.3) is 0 Å². The SMILES string of the molecule is CCOCCOCC(=O)N1CCC(N2CCNCC2)C1. The van der Waals surface area contributed by atoms with E-state index in [0.29, 0.717) is 25.9 Å². The molecule has 0 aromatic carbocycles. The van der Waals surface area contributed by atoms with Gasteiger partial charge >= 0.3 is 0 Å². The molecule has 1 N–H and O–H groups in total. The summed E-state index contributed by atoms with van der Waals surface area (Å²) in [5.74, 6) is 0.110. The van der Waals surface area contributed by atoms with Crippen molar-refractivity contribution in [2.24, 2.45) is 0 Å². The van der Waals surface area contributed by atoms with Gasteiger partial charge in [0.05, 0.1) is 13.2 Å². The highest BCUT2D eigenvalue weighted by atomic mass is 16.5. The average Bonchev–Trinajstić information content (AvgIpc) is 2.98. The number of amides is 1. The van der Waals surface area contributed by atoms with E-state index in [0.717, 1.165) is 45.7 Å². The number of nitrogens with zero attached hydrogens (tertiary/aromatic N) is 2. The van der Waals surface area contributed by atoms with Crippen molar-refractivity contribution < 1.29 is 14.3 Å². The molecule has 1 unspecified atom stereocenters. The van der Waals surface area contributed by atoms with Gasteiger partial charge in [-0.25, -0.2) is 0 Å². The Hall–Kier alpha value is -0.690. The molecule has 2 aliphatic heterocycles. The zero-order chi connectivity index (χ0) is 14.2. The summed E-state index contributed by atoms with van der Waals surface area (Å²) in [6.07, 6.45) is 1.09. The maximum absolute atomic E-state index is 12.0. The number of carbonyl (C=O) groups excluding carboxylic acids is 1. The van der Waals surface area contributed by atoms with Crippen LogP contribution >= 0.6 is 0 Å². The van der Waals surface area contributed by atoms with Crippen LogP contribution in [-0.2, 0) is 14.3 Å². The Kier molecular flexibility index (Phi) is 6.72. The second-order valence-electron chi connectivity index (χ2n) is 5.32. The molecule has 0 radical (unpaired) electrons. The fraction of sp³-hybridized carbons (Fsp3) is 0.929. The predicted octanol–water partition coefficient (Wildman–Crippen LogP) is -0.454. The highest BCUT2D eigenvalue weighted by molar-refractivity contribution is 5.77. The van der Waals surface area contributed by atoms with E-state index in [-0.39, 0.29) is 12.5 Å². The lowest BCUT2D eigenvalue weighted by Crippen LogP contribution is -2.49. The summed E-state index contributed by atoms with van der Waals surface area (Å²) in [6.45, 7) is 9.91. The first-order valence-electron chi connectivity index (χ1n) is 7.69. The topological polar surface area (TPSA) is 54.0 Å². The number of carbonyl (C=O) groups is 1. The van der Waals surface area contributed by atoms with Crippen molar-refractivity contribution in [3.05, 3.63) is 0 Å². The van der Waals surface area contributed by atoms with E-state index < -0.39 is 0 Å². The molecule has 1 amide bonds. The van der Waals surface area contributed by atoms with Gasteiger partial charge in [-0.2, -0.15) is 0 Å². The fourth-order valence-electron chi connectivity index (χ4n) is 2.83. The molecule has 0 bridgehead atoms. The number of hydrogen-bond donors (Lipinski definition) is 1. The van der Waals surface area contributed by atoms with Gasteiger partial charge in [0, 0.05) is 51.9 Å². The van der Waals surface area contributed by atoms with Crippen molar-refractivity contribution >= 4 is 5.91 Å². The molecular weight excluding hydrogens is 258 g/mol. The lowest BCUT2D eigenvalue weighted by molar-refractivity contribution is -0.135. The quantitative estimate of drug-likeness (QED) is 0.642. The molecule has 6 nitrogen and oxygen atoms in total. The predicted molar refractivity (Wildman–Crippen MR) is 76.7 cm³/mol. The first-order valence-corrected chi connectivity index (χ1v) is 7.69. The van der Waals surface area contributed by atoms with Crippen LogP contribution in [0.4, 0.5) is 0 Å². The maximum Gasteiger partial charge on any atom is 0.248 e.